The van der Waals surface area contributed by atoms with Crippen molar-refractivity contribution >= 4 is 17.7 Å². The molecule has 1 atom stereocenters. The summed E-state index contributed by atoms with van der Waals surface area (Å²) in [6.45, 7) is 4.10. The molecule has 0 spiro atoms. The second-order valence-corrected chi connectivity index (χ2v) is 8.52. The maximum Gasteiger partial charge on any atom is 0.412 e. The smallest absolute Gasteiger partial charge is 0.412 e. The summed E-state index contributed by atoms with van der Waals surface area (Å²) in [5.41, 5.74) is 10.9. The molecule has 4 rings (SSSR count). The van der Waals surface area contributed by atoms with Crippen molar-refractivity contribution in [1.82, 2.24) is 5.16 Å². The van der Waals surface area contributed by atoms with E-state index < -0.39 is 12.2 Å². The van der Waals surface area contributed by atoms with Crippen LogP contribution in [0, 0.1) is 6.92 Å². The monoisotopic (exact) mass is 499 g/mol. The Bertz CT molecular complexity index is 1330. The lowest BCUT2D eigenvalue weighted by atomic mass is 10.0. The molecule has 3 aromatic carbocycles. The van der Waals surface area contributed by atoms with Gasteiger partial charge in [-0.1, -0.05) is 84.0 Å². The highest BCUT2D eigenvalue weighted by atomic mass is 16.6. The average Bonchev–Trinajstić information content (AvgIpc) is 3.28. The number of amides is 1. The van der Waals surface area contributed by atoms with Crippen molar-refractivity contribution in [3.63, 3.8) is 0 Å². The number of esters is 1. The van der Waals surface area contributed by atoms with E-state index in [9.17, 15) is 9.59 Å². The number of aryl methyl sites for hydroxylation is 1. The van der Waals surface area contributed by atoms with Gasteiger partial charge in [0.1, 0.15) is 24.1 Å². The van der Waals surface area contributed by atoms with Crippen LogP contribution in [-0.4, -0.2) is 30.4 Å². The van der Waals surface area contributed by atoms with Gasteiger partial charge in [0, 0.05) is 12.1 Å². The quantitative estimate of drug-likeness (QED) is 0.285. The van der Waals surface area contributed by atoms with Gasteiger partial charge in [0.15, 0.2) is 5.76 Å². The van der Waals surface area contributed by atoms with Crippen molar-refractivity contribution in [3.8, 4) is 22.5 Å². The number of benzene rings is 3. The maximum absolute atomic E-state index is 12.6. The molecule has 1 amide bonds. The highest BCUT2D eigenvalue weighted by Crippen LogP contribution is 2.33. The molecule has 0 aliphatic carbocycles. The lowest BCUT2D eigenvalue weighted by molar-refractivity contribution is -0.142. The number of ether oxygens (including phenoxy) is 2. The van der Waals surface area contributed by atoms with Gasteiger partial charge in [0.2, 0.25) is 0 Å². The number of nitrogens with zero attached hydrogens (tertiary/aromatic N) is 1. The van der Waals surface area contributed by atoms with Crippen LogP contribution in [0.15, 0.2) is 83.4 Å². The van der Waals surface area contributed by atoms with Crippen molar-refractivity contribution in [1.29, 1.82) is 0 Å². The number of rotatable bonds is 9. The Hall–Kier alpha value is -4.43. The molecular weight excluding hydrogens is 470 g/mol. The number of hydrogen-bond acceptors (Lipinski definition) is 7. The summed E-state index contributed by atoms with van der Waals surface area (Å²) >= 11 is 0. The standard InChI is InChI=1S/C29H29N3O5/c1-19-27(31-29(34)36-20(2)22-6-4-3-5-7-22)28(37-32-19)25-14-12-24(13-15-25)23-10-8-21(9-11-23)18-26(33)35-17-16-30/h3-15,20H,16-18,30H2,1-2H3,(H,31,34)/t20-/m1/s1. The summed E-state index contributed by atoms with van der Waals surface area (Å²) in [5, 5.41) is 6.80. The topological polar surface area (TPSA) is 117 Å². The van der Waals surface area contributed by atoms with E-state index in [0.717, 1.165) is 27.8 Å². The van der Waals surface area contributed by atoms with E-state index in [4.69, 9.17) is 19.7 Å². The fraction of sp³-hybridized carbons (Fsp3) is 0.207. The van der Waals surface area contributed by atoms with Crippen LogP contribution in [0.25, 0.3) is 22.5 Å². The van der Waals surface area contributed by atoms with Gasteiger partial charge >= 0.3 is 12.1 Å². The molecule has 1 aromatic heterocycles. The van der Waals surface area contributed by atoms with Crippen LogP contribution in [0.4, 0.5) is 10.5 Å². The van der Waals surface area contributed by atoms with E-state index >= 15 is 0 Å². The van der Waals surface area contributed by atoms with E-state index in [1.54, 1.807) is 6.92 Å². The molecule has 8 heteroatoms. The first kappa shape index (κ1) is 25.7. The van der Waals surface area contributed by atoms with Crippen LogP contribution in [0.1, 0.15) is 29.8 Å². The Balaban J connectivity index is 1.43. The minimum Gasteiger partial charge on any atom is -0.464 e. The van der Waals surface area contributed by atoms with Gasteiger partial charge in [-0.3, -0.25) is 10.1 Å². The summed E-state index contributed by atoms with van der Waals surface area (Å²) in [6.07, 6.45) is -0.800. The molecular formula is C29H29N3O5. The number of aromatic nitrogens is 1. The van der Waals surface area contributed by atoms with Crippen LogP contribution >= 0.6 is 0 Å². The van der Waals surface area contributed by atoms with E-state index in [1.807, 2.05) is 85.8 Å². The molecule has 4 aromatic rings. The van der Waals surface area contributed by atoms with Gasteiger partial charge in [0.05, 0.1) is 6.42 Å². The highest BCUT2D eigenvalue weighted by molar-refractivity contribution is 5.91. The van der Waals surface area contributed by atoms with Crippen molar-refractivity contribution < 1.29 is 23.6 Å². The van der Waals surface area contributed by atoms with Gasteiger partial charge in [0.25, 0.3) is 0 Å². The second-order valence-electron chi connectivity index (χ2n) is 8.52. The fourth-order valence-electron chi connectivity index (χ4n) is 3.82. The molecule has 0 saturated heterocycles. The largest absolute Gasteiger partial charge is 0.464 e. The van der Waals surface area contributed by atoms with Crippen LogP contribution in [0.2, 0.25) is 0 Å². The van der Waals surface area contributed by atoms with E-state index in [-0.39, 0.29) is 19.0 Å². The molecule has 0 unspecified atom stereocenters. The van der Waals surface area contributed by atoms with Crippen molar-refractivity contribution in [2.75, 3.05) is 18.5 Å². The second kappa shape index (κ2) is 12.0. The number of carbonyl (C=O) groups excluding carboxylic acids is 2. The molecule has 3 N–H and O–H groups in total. The zero-order valence-electron chi connectivity index (χ0n) is 20.8. The fourth-order valence-corrected chi connectivity index (χ4v) is 3.82. The third-order valence-electron chi connectivity index (χ3n) is 5.81. The zero-order chi connectivity index (χ0) is 26.2. The molecule has 0 radical (unpaired) electrons. The lowest BCUT2D eigenvalue weighted by Crippen LogP contribution is -2.16. The predicted octanol–water partition coefficient (Wildman–Crippen LogP) is 5.67. The first-order valence-corrected chi connectivity index (χ1v) is 12.0. The van der Waals surface area contributed by atoms with Gasteiger partial charge < -0.3 is 19.7 Å². The summed E-state index contributed by atoms with van der Waals surface area (Å²) in [4.78, 5) is 24.4. The van der Waals surface area contributed by atoms with Crippen molar-refractivity contribution in [2.24, 2.45) is 5.73 Å². The first-order chi connectivity index (χ1) is 17.9. The number of hydrogen-bond donors (Lipinski definition) is 2. The Morgan fingerprint density at radius 1 is 0.946 bits per heavy atom. The Kier molecular flexibility index (Phi) is 8.33. The first-order valence-electron chi connectivity index (χ1n) is 12.0. The third-order valence-corrected chi connectivity index (χ3v) is 5.81. The number of nitrogens with two attached hydrogens (primary N) is 1. The molecule has 0 bridgehead atoms. The molecule has 0 saturated carbocycles. The van der Waals surface area contributed by atoms with Gasteiger partial charge in [-0.2, -0.15) is 0 Å². The summed E-state index contributed by atoms with van der Waals surface area (Å²) in [6, 6.07) is 24.9. The number of carbonyl (C=O) groups is 2. The molecule has 0 aliphatic heterocycles. The normalized spacial score (nSPS) is 11.5. The lowest BCUT2D eigenvalue weighted by Gasteiger charge is -2.14. The zero-order valence-corrected chi connectivity index (χ0v) is 20.8. The van der Waals surface area contributed by atoms with Crippen LogP contribution in [-0.2, 0) is 20.7 Å². The minimum atomic E-state index is -0.590. The Morgan fingerprint density at radius 3 is 2.22 bits per heavy atom. The molecule has 1 heterocycles. The van der Waals surface area contributed by atoms with Gasteiger partial charge in [-0.15, -0.1) is 0 Å². The Morgan fingerprint density at radius 2 is 1.57 bits per heavy atom. The predicted molar refractivity (Wildman–Crippen MR) is 141 cm³/mol. The summed E-state index contributed by atoms with van der Waals surface area (Å²) in [7, 11) is 0. The van der Waals surface area contributed by atoms with Crippen LogP contribution in [0.5, 0.6) is 0 Å². The summed E-state index contributed by atoms with van der Waals surface area (Å²) in [5.74, 6) is 0.146. The van der Waals surface area contributed by atoms with Gasteiger partial charge in [-0.05, 0) is 36.1 Å². The van der Waals surface area contributed by atoms with Crippen LogP contribution in [0.3, 0.4) is 0 Å². The third kappa shape index (κ3) is 6.62. The minimum absolute atomic E-state index is 0.201. The molecule has 8 nitrogen and oxygen atoms in total. The van der Waals surface area contributed by atoms with E-state index in [1.165, 1.54) is 0 Å². The SMILES string of the molecule is Cc1noc(-c2ccc(-c3ccc(CC(=O)OCCN)cc3)cc2)c1NC(=O)O[C@H](C)c1ccccc1. The summed E-state index contributed by atoms with van der Waals surface area (Å²) < 4.78 is 16.1. The van der Waals surface area contributed by atoms with E-state index in [2.05, 4.69) is 10.5 Å². The highest BCUT2D eigenvalue weighted by Gasteiger charge is 2.20. The molecule has 0 fully saturated rings. The molecule has 190 valence electrons. The number of anilines is 1. The van der Waals surface area contributed by atoms with E-state index in [0.29, 0.717) is 23.7 Å². The van der Waals surface area contributed by atoms with Crippen molar-refractivity contribution in [2.45, 2.75) is 26.4 Å². The maximum atomic E-state index is 12.6. The molecule has 0 aliphatic rings. The Labute approximate surface area is 215 Å². The van der Waals surface area contributed by atoms with Crippen molar-refractivity contribution in [3.05, 3.63) is 95.7 Å². The number of nitrogens with one attached hydrogen (secondary N) is 1. The molecule has 37 heavy (non-hydrogen) atoms. The van der Waals surface area contributed by atoms with Gasteiger partial charge in [-0.25, -0.2) is 4.79 Å². The average molecular weight is 500 g/mol. The van der Waals surface area contributed by atoms with Crippen LogP contribution < -0.4 is 11.1 Å².